The maximum absolute atomic E-state index is 13.6. The number of hydrogen-bond donors (Lipinski definition) is 0. The predicted octanol–water partition coefficient (Wildman–Crippen LogP) is 2.96. The van der Waals surface area contributed by atoms with E-state index in [-0.39, 0.29) is 24.2 Å². The number of hydrogen-bond acceptors (Lipinski definition) is 6. The first-order chi connectivity index (χ1) is 17.0. The first-order valence-corrected chi connectivity index (χ1v) is 11.5. The lowest BCUT2D eigenvalue weighted by Crippen LogP contribution is -2.55. The Morgan fingerprint density at radius 3 is 2.63 bits per heavy atom. The van der Waals surface area contributed by atoms with Gasteiger partial charge in [0.2, 0.25) is 0 Å². The predicted molar refractivity (Wildman–Crippen MR) is 126 cm³/mol. The zero-order chi connectivity index (χ0) is 24.3. The number of pyridine rings is 1. The molecule has 3 atom stereocenters. The summed E-state index contributed by atoms with van der Waals surface area (Å²) in [4.78, 5) is 48.5. The normalized spacial score (nSPS) is 22.6. The fraction of sp³-hybridized carbons (Fsp3) is 0.240. The highest BCUT2D eigenvalue weighted by atomic mass is 35.5. The lowest BCUT2D eigenvalue weighted by atomic mass is 10.1. The fourth-order valence-electron chi connectivity index (χ4n) is 5.37. The fourth-order valence-corrected chi connectivity index (χ4v) is 5.50. The molecule has 4 amide bonds. The van der Waals surface area contributed by atoms with Crippen molar-refractivity contribution in [2.45, 2.75) is 24.5 Å². The van der Waals surface area contributed by atoms with Crippen molar-refractivity contribution in [3.63, 3.8) is 0 Å². The average molecular weight is 488 g/mol. The topological polar surface area (TPSA) is 107 Å². The molecule has 3 aliphatic rings. The van der Waals surface area contributed by atoms with Gasteiger partial charge in [-0.15, -0.1) is 0 Å². The van der Waals surface area contributed by atoms with Gasteiger partial charge in [0.1, 0.15) is 23.6 Å². The minimum absolute atomic E-state index is 0.173. The van der Waals surface area contributed by atoms with Gasteiger partial charge in [0.15, 0.2) is 6.61 Å². The molecule has 174 valence electrons. The number of urea groups is 1. The Bertz CT molecular complexity index is 1440. The number of rotatable bonds is 4. The van der Waals surface area contributed by atoms with Crippen LogP contribution in [0.5, 0.6) is 5.75 Å². The molecule has 0 radical (unpaired) electrons. The molecule has 0 aliphatic carbocycles. The van der Waals surface area contributed by atoms with Crippen LogP contribution < -0.4 is 9.64 Å². The van der Waals surface area contributed by atoms with Crippen LogP contribution in [0, 0.1) is 11.3 Å². The van der Waals surface area contributed by atoms with E-state index in [9.17, 15) is 19.6 Å². The zero-order valence-electron chi connectivity index (χ0n) is 18.3. The van der Waals surface area contributed by atoms with Gasteiger partial charge in [0, 0.05) is 22.3 Å². The van der Waals surface area contributed by atoms with E-state index in [4.69, 9.17) is 16.3 Å². The van der Waals surface area contributed by atoms with Crippen LogP contribution in [0.3, 0.4) is 0 Å². The smallest absolute Gasteiger partial charge is 0.332 e. The number of carbonyl (C=O) groups excluding carboxylic acids is 3. The summed E-state index contributed by atoms with van der Waals surface area (Å²) in [5.74, 6) is -0.112. The number of nitrogens with zero attached hydrogens (tertiary/aromatic N) is 5. The largest absolute Gasteiger partial charge is 0.484 e. The molecular weight excluding hydrogens is 470 g/mol. The van der Waals surface area contributed by atoms with Gasteiger partial charge in [-0.3, -0.25) is 9.59 Å². The van der Waals surface area contributed by atoms with E-state index in [0.29, 0.717) is 40.2 Å². The minimum atomic E-state index is -0.755. The Kier molecular flexibility index (Phi) is 4.86. The number of fused-ring (bicyclic) bond motifs is 6. The number of aromatic nitrogens is 1. The minimum Gasteiger partial charge on any atom is -0.484 e. The summed E-state index contributed by atoms with van der Waals surface area (Å²) in [6.07, 6.45) is 1.94. The third-order valence-electron chi connectivity index (χ3n) is 6.88. The van der Waals surface area contributed by atoms with Crippen LogP contribution in [-0.2, 0) is 9.59 Å². The zero-order valence-corrected chi connectivity index (χ0v) is 19.1. The Morgan fingerprint density at radius 1 is 1.14 bits per heavy atom. The highest BCUT2D eigenvalue weighted by molar-refractivity contribution is 6.30. The number of ether oxygens (including phenoxy) is 1. The van der Waals surface area contributed by atoms with E-state index in [2.05, 4.69) is 4.98 Å². The van der Waals surface area contributed by atoms with Gasteiger partial charge in [-0.1, -0.05) is 35.9 Å². The number of anilines is 1. The molecule has 1 aromatic heterocycles. The highest BCUT2D eigenvalue weighted by Gasteiger charge is 2.63. The number of carbonyl (C=O) groups is 3. The summed E-state index contributed by atoms with van der Waals surface area (Å²) >= 11 is 5.88. The summed E-state index contributed by atoms with van der Waals surface area (Å²) in [7, 11) is 0. The van der Waals surface area contributed by atoms with Crippen molar-refractivity contribution in [3.8, 4) is 11.8 Å². The third-order valence-corrected chi connectivity index (χ3v) is 7.13. The molecule has 2 aromatic carbocycles. The van der Waals surface area contributed by atoms with E-state index >= 15 is 0 Å². The van der Waals surface area contributed by atoms with Crippen molar-refractivity contribution in [3.05, 3.63) is 65.4 Å². The standard InChI is InChI=1S/C25H18ClN5O4/c26-14-5-7-16(8-6-14)35-13-22(32)29-12-15-9-20(29)23-24(33)31(25(34)30(15)23)21-11-28-19(10-27)17-3-1-2-4-18(17)21/h1-8,11,15,20,23H,9,12-13H2/t15-,20?,23-/m1/s1. The third kappa shape index (κ3) is 3.21. The van der Waals surface area contributed by atoms with Crippen molar-refractivity contribution in [1.82, 2.24) is 14.8 Å². The van der Waals surface area contributed by atoms with Gasteiger partial charge in [-0.2, -0.15) is 5.26 Å². The summed E-state index contributed by atoms with van der Waals surface area (Å²) in [5, 5.41) is 11.1. The molecule has 9 nitrogen and oxygen atoms in total. The molecule has 3 fully saturated rings. The number of likely N-dealkylation sites (tertiary alicyclic amines) is 1. The van der Waals surface area contributed by atoms with Crippen LogP contribution in [0.15, 0.2) is 54.7 Å². The van der Waals surface area contributed by atoms with Crippen molar-refractivity contribution >= 4 is 45.9 Å². The number of imide groups is 1. The molecule has 35 heavy (non-hydrogen) atoms. The van der Waals surface area contributed by atoms with E-state index in [0.717, 1.165) is 4.90 Å². The monoisotopic (exact) mass is 487 g/mol. The molecule has 0 spiro atoms. The molecule has 3 aromatic rings. The average Bonchev–Trinajstić information content (AvgIpc) is 3.54. The lowest BCUT2D eigenvalue weighted by molar-refractivity contribution is -0.137. The van der Waals surface area contributed by atoms with E-state index in [1.165, 1.54) is 6.20 Å². The molecule has 4 heterocycles. The van der Waals surface area contributed by atoms with E-state index < -0.39 is 24.0 Å². The van der Waals surface area contributed by atoms with Crippen LogP contribution in [-0.4, -0.2) is 63.9 Å². The summed E-state index contributed by atoms with van der Waals surface area (Å²) < 4.78 is 5.60. The number of nitriles is 1. The first-order valence-electron chi connectivity index (χ1n) is 11.1. The van der Waals surface area contributed by atoms with Gasteiger partial charge in [0.25, 0.3) is 11.8 Å². The maximum atomic E-state index is 13.6. The molecule has 0 N–H and O–H groups in total. The van der Waals surface area contributed by atoms with E-state index in [1.807, 2.05) is 6.07 Å². The maximum Gasteiger partial charge on any atom is 0.332 e. The van der Waals surface area contributed by atoms with Crippen LogP contribution in [0.1, 0.15) is 12.1 Å². The lowest BCUT2D eigenvalue weighted by Gasteiger charge is -2.34. The van der Waals surface area contributed by atoms with Crippen LogP contribution in [0.25, 0.3) is 10.8 Å². The number of piperazine rings is 1. The highest BCUT2D eigenvalue weighted by Crippen LogP contribution is 2.43. The Hall–Kier alpha value is -4.16. The second kappa shape index (κ2) is 7.96. The van der Waals surface area contributed by atoms with Crippen molar-refractivity contribution in [2.24, 2.45) is 0 Å². The molecule has 2 bridgehead atoms. The first kappa shape index (κ1) is 21.4. The van der Waals surface area contributed by atoms with Gasteiger partial charge in [-0.05, 0) is 30.7 Å². The molecule has 3 aliphatic heterocycles. The van der Waals surface area contributed by atoms with Crippen molar-refractivity contribution < 1.29 is 19.1 Å². The molecule has 6 rings (SSSR count). The van der Waals surface area contributed by atoms with Gasteiger partial charge in [-0.25, -0.2) is 14.7 Å². The second-order valence-electron chi connectivity index (χ2n) is 8.70. The molecular formula is C25H18ClN5O4. The van der Waals surface area contributed by atoms with Gasteiger partial charge >= 0.3 is 6.03 Å². The number of benzene rings is 2. The molecule has 10 heteroatoms. The molecule has 3 saturated heterocycles. The molecule has 0 saturated carbocycles. The number of halogens is 1. The Morgan fingerprint density at radius 2 is 1.89 bits per heavy atom. The van der Waals surface area contributed by atoms with Crippen LogP contribution >= 0.6 is 11.6 Å². The summed E-state index contributed by atoms with van der Waals surface area (Å²) in [6, 6.07) is 14.0. The van der Waals surface area contributed by atoms with Gasteiger partial charge < -0.3 is 14.5 Å². The van der Waals surface area contributed by atoms with Crippen molar-refractivity contribution in [2.75, 3.05) is 18.1 Å². The molecule has 1 unspecified atom stereocenters. The van der Waals surface area contributed by atoms with Crippen LogP contribution in [0.4, 0.5) is 10.5 Å². The second-order valence-corrected chi connectivity index (χ2v) is 9.14. The van der Waals surface area contributed by atoms with Crippen molar-refractivity contribution in [1.29, 1.82) is 5.26 Å². The van der Waals surface area contributed by atoms with Gasteiger partial charge in [0.05, 0.1) is 24.0 Å². The van der Waals surface area contributed by atoms with Crippen LogP contribution in [0.2, 0.25) is 5.02 Å². The van der Waals surface area contributed by atoms with E-state index in [1.54, 1.807) is 58.3 Å². The Labute approximate surface area is 205 Å². The number of amides is 4. The quantitative estimate of drug-likeness (QED) is 0.524. The summed E-state index contributed by atoms with van der Waals surface area (Å²) in [6.45, 7) is 0.177. The SMILES string of the molecule is N#Cc1ncc(N2C(=O)[C@H]3C4C[C@H](CN4C(=O)COc4ccc(Cl)cc4)N3C2=O)c2ccccc12. The summed E-state index contributed by atoms with van der Waals surface area (Å²) in [5.41, 5.74) is 0.564. The Balaban J connectivity index is 1.25.